The number of likely N-dealkylation sites (tertiary alicyclic amines) is 1. The van der Waals surface area contributed by atoms with Gasteiger partial charge in [-0.2, -0.15) is 0 Å². The Kier molecular flexibility index (Phi) is 6.74. The molecule has 4 rings (SSSR count). The number of hydrogen-bond acceptors (Lipinski definition) is 4. The monoisotopic (exact) mass is 486 g/mol. The zero-order valence-corrected chi connectivity index (χ0v) is 18.9. The molecule has 3 aromatic rings. The molecule has 2 aromatic carbocycles. The highest BCUT2D eigenvalue weighted by Gasteiger charge is 2.35. The minimum absolute atomic E-state index is 0.491. The average Bonchev–Trinajstić information content (AvgIpc) is 2.77. The van der Waals surface area contributed by atoms with Crippen LogP contribution in [0.1, 0.15) is 29.7 Å². The van der Waals surface area contributed by atoms with Gasteiger partial charge >= 0.3 is 0 Å². The molecule has 0 spiro atoms. The lowest BCUT2D eigenvalue weighted by molar-refractivity contribution is -0.0312. The molecule has 30 heavy (non-hydrogen) atoms. The van der Waals surface area contributed by atoms with Crippen LogP contribution in [0.4, 0.5) is 0 Å². The molecule has 1 fully saturated rings. The Balaban J connectivity index is 1.41. The number of pyridine rings is 1. The molecular formula is C24H24BrClN2O2. The number of piperidine rings is 1. The van der Waals surface area contributed by atoms with Crippen molar-refractivity contribution >= 4 is 27.5 Å². The van der Waals surface area contributed by atoms with Crippen LogP contribution in [0, 0.1) is 0 Å². The van der Waals surface area contributed by atoms with Crippen molar-refractivity contribution in [3.05, 3.63) is 93.2 Å². The van der Waals surface area contributed by atoms with Crippen molar-refractivity contribution in [2.24, 2.45) is 0 Å². The second kappa shape index (κ2) is 9.48. The summed E-state index contributed by atoms with van der Waals surface area (Å²) in [4.78, 5) is 6.72. The Bertz CT molecular complexity index is 974. The summed E-state index contributed by atoms with van der Waals surface area (Å²) in [5.74, 6) is 0.874. The van der Waals surface area contributed by atoms with Crippen LogP contribution in [-0.4, -0.2) is 28.1 Å². The second-order valence-electron chi connectivity index (χ2n) is 7.69. The van der Waals surface area contributed by atoms with Gasteiger partial charge in [-0.25, -0.2) is 0 Å². The second-order valence-corrected chi connectivity index (χ2v) is 9.04. The molecule has 156 valence electrons. The Labute approximate surface area is 190 Å². The zero-order chi connectivity index (χ0) is 21.0. The van der Waals surface area contributed by atoms with Gasteiger partial charge in [0.05, 0.1) is 5.69 Å². The molecule has 6 heteroatoms. The van der Waals surface area contributed by atoms with Gasteiger partial charge in [-0.05, 0) is 60.9 Å². The maximum absolute atomic E-state index is 11.0. The molecule has 1 aliphatic rings. The summed E-state index contributed by atoms with van der Waals surface area (Å²) in [5.41, 5.74) is 2.12. The van der Waals surface area contributed by atoms with Crippen LogP contribution < -0.4 is 4.74 Å². The van der Waals surface area contributed by atoms with E-state index in [9.17, 15) is 5.11 Å². The number of aliphatic hydroxyl groups is 1. The maximum atomic E-state index is 11.0. The fraction of sp³-hybridized carbons (Fsp3) is 0.292. The van der Waals surface area contributed by atoms with Crippen molar-refractivity contribution in [1.82, 2.24) is 9.88 Å². The van der Waals surface area contributed by atoms with E-state index in [1.54, 1.807) is 6.20 Å². The summed E-state index contributed by atoms with van der Waals surface area (Å²) in [5, 5.41) is 11.7. The maximum Gasteiger partial charge on any atom is 0.124 e. The summed E-state index contributed by atoms with van der Waals surface area (Å²) in [6.07, 6.45) is 3.07. The molecule has 1 N–H and O–H groups in total. The van der Waals surface area contributed by atoms with Gasteiger partial charge in [0.1, 0.15) is 18.0 Å². The molecule has 0 unspecified atom stereocenters. The van der Waals surface area contributed by atoms with Gasteiger partial charge < -0.3 is 9.84 Å². The van der Waals surface area contributed by atoms with E-state index in [4.69, 9.17) is 16.3 Å². The molecule has 0 saturated carbocycles. The van der Waals surface area contributed by atoms with Crippen LogP contribution in [0.15, 0.2) is 71.3 Å². The number of ether oxygens (including phenoxy) is 1. The number of nitrogens with zero attached hydrogens (tertiary/aromatic N) is 2. The fourth-order valence-corrected chi connectivity index (χ4v) is 4.30. The van der Waals surface area contributed by atoms with E-state index in [-0.39, 0.29) is 0 Å². The Morgan fingerprint density at radius 1 is 1.07 bits per heavy atom. The van der Waals surface area contributed by atoms with Crippen molar-refractivity contribution in [2.75, 3.05) is 13.1 Å². The SMILES string of the molecule is OC1(c2ccccn2)CCN(Cc2cc(Br)ccc2OCc2ccc(Cl)cc2)CC1. The third kappa shape index (κ3) is 5.22. The number of hydrogen-bond donors (Lipinski definition) is 1. The highest BCUT2D eigenvalue weighted by molar-refractivity contribution is 9.10. The molecule has 1 aliphatic heterocycles. The number of rotatable bonds is 6. The Morgan fingerprint density at radius 3 is 2.53 bits per heavy atom. The standard InChI is InChI=1S/C24H24BrClN2O2/c25-20-6-9-22(30-17-18-4-7-21(26)8-5-18)19(15-20)16-28-13-10-24(29,11-14-28)23-3-1-2-12-27-23/h1-9,12,15,29H,10-11,13-14,16-17H2. The zero-order valence-electron chi connectivity index (χ0n) is 16.6. The van der Waals surface area contributed by atoms with Gasteiger partial charge in [-0.1, -0.05) is 45.7 Å². The van der Waals surface area contributed by atoms with Gasteiger partial charge in [0.25, 0.3) is 0 Å². The minimum Gasteiger partial charge on any atom is -0.489 e. The predicted octanol–water partition coefficient (Wildman–Crippen LogP) is 5.56. The van der Waals surface area contributed by atoms with E-state index >= 15 is 0 Å². The van der Waals surface area contributed by atoms with Crippen molar-refractivity contribution in [3.8, 4) is 5.75 Å². The van der Waals surface area contributed by atoms with Gasteiger partial charge in [0, 0.05) is 40.9 Å². The first-order valence-electron chi connectivity index (χ1n) is 10.0. The number of aromatic nitrogens is 1. The molecular weight excluding hydrogens is 464 g/mol. The van der Waals surface area contributed by atoms with Crippen molar-refractivity contribution in [3.63, 3.8) is 0 Å². The van der Waals surface area contributed by atoms with Gasteiger partial charge in [0.15, 0.2) is 0 Å². The van der Waals surface area contributed by atoms with E-state index in [0.29, 0.717) is 19.4 Å². The van der Waals surface area contributed by atoms with E-state index in [2.05, 4.69) is 31.9 Å². The quantitative estimate of drug-likeness (QED) is 0.494. The number of benzene rings is 2. The summed E-state index contributed by atoms with van der Waals surface area (Å²) in [7, 11) is 0. The molecule has 1 aromatic heterocycles. The summed E-state index contributed by atoms with van der Waals surface area (Å²) >= 11 is 9.54. The van der Waals surface area contributed by atoms with Crippen molar-refractivity contribution in [1.29, 1.82) is 0 Å². The van der Waals surface area contributed by atoms with Crippen molar-refractivity contribution in [2.45, 2.75) is 31.6 Å². The molecule has 0 atom stereocenters. The predicted molar refractivity (Wildman–Crippen MR) is 123 cm³/mol. The third-order valence-corrected chi connectivity index (χ3v) is 6.29. The molecule has 4 nitrogen and oxygen atoms in total. The first-order valence-corrected chi connectivity index (χ1v) is 11.2. The van der Waals surface area contributed by atoms with Gasteiger partial charge in [-0.3, -0.25) is 9.88 Å². The van der Waals surface area contributed by atoms with Crippen LogP contribution in [0.3, 0.4) is 0 Å². The lowest BCUT2D eigenvalue weighted by Gasteiger charge is -2.38. The molecule has 0 amide bonds. The Hall–Kier alpha value is -1.92. The average molecular weight is 488 g/mol. The molecule has 0 radical (unpaired) electrons. The van der Waals surface area contributed by atoms with E-state index < -0.39 is 5.60 Å². The first kappa shape index (κ1) is 21.3. The first-order chi connectivity index (χ1) is 14.5. The van der Waals surface area contributed by atoms with E-state index in [1.165, 1.54) is 0 Å². The molecule has 2 heterocycles. The van der Waals surface area contributed by atoms with Crippen LogP contribution >= 0.6 is 27.5 Å². The Morgan fingerprint density at radius 2 is 1.83 bits per heavy atom. The normalized spacial score (nSPS) is 16.4. The highest BCUT2D eigenvalue weighted by atomic mass is 79.9. The summed E-state index contributed by atoms with van der Waals surface area (Å²) in [6.45, 7) is 2.87. The largest absolute Gasteiger partial charge is 0.489 e. The lowest BCUT2D eigenvalue weighted by atomic mass is 9.87. The van der Waals surface area contributed by atoms with Crippen LogP contribution in [0.25, 0.3) is 0 Å². The summed E-state index contributed by atoms with van der Waals surface area (Å²) in [6, 6.07) is 19.5. The fourth-order valence-electron chi connectivity index (χ4n) is 3.77. The van der Waals surface area contributed by atoms with Crippen molar-refractivity contribution < 1.29 is 9.84 Å². The third-order valence-electron chi connectivity index (χ3n) is 5.55. The van der Waals surface area contributed by atoms with Crippen LogP contribution in [0.5, 0.6) is 5.75 Å². The van der Waals surface area contributed by atoms with Crippen LogP contribution in [0.2, 0.25) is 5.02 Å². The minimum atomic E-state index is -0.844. The molecule has 0 bridgehead atoms. The lowest BCUT2D eigenvalue weighted by Crippen LogP contribution is -2.42. The highest BCUT2D eigenvalue weighted by Crippen LogP contribution is 2.33. The van der Waals surface area contributed by atoms with Gasteiger partial charge in [0.2, 0.25) is 0 Å². The van der Waals surface area contributed by atoms with Crippen LogP contribution in [-0.2, 0) is 18.8 Å². The molecule has 0 aliphatic carbocycles. The number of halogens is 2. The van der Waals surface area contributed by atoms with Gasteiger partial charge in [-0.15, -0.1) is 0 Å². The van der Waals surface area contributed by atoms with E-state index in [0.717, 1.165) is 51.7 Å². The molecule has 1 saturated heterocycles. The van der Waals surface area contributed by atoms with E-state index in [1.807, 2.05) is 54.6 Å². The topological polar surface area (TPSA) is 45.6 Å². The smallest absolute Gasteiger partial charge is 0.124 e. The summed E-state index contributed by atoms with van der Waals surface area (Å²) < 4.78 is 7.15.